The molecule has 0 bridgehead atoms. The molecule has 0 aliphatic carbocycles. The third kappa shape index (κ3) is 5.21. The molecule has 4 N–H and O–H groups in total. The second-order valence-electron chi connectivity index (χ2n) is 4.88. The second-order valence-corrected chi connectivity index (χ2v) is 4.88. The summed E-state index contributed by atoms with van der Waals surface area (Å²) in [7, 11) is 0. The van der Waals surface area contributed by atoms with Gasteiger partial charge in [0.15, 0.2) is 35.5 Å². The van der Waals surface area contributed by atoms with Crippen molar-refractivity contribution in [3.8, 4) is 0 Å². The van der Waals surface area contributed by atoms with Crippen LogP contribution in [0.1, 0.15) is 23.3 Å². The minimum absolute atomic E-state index is 0.0806. The lowest BCUT2D eigenvalue weighted by Gasteiger charge is -2.09. The van der Waals surface area contributed by atoms with Crippen LogP contribution in [0.4, 0.5) is 22.0 Å². The molecule has 2 unspecified atom stereocenters. The molecular weight excluding hydrogens is 383 g/mol. The van der Waals surface area contributed by atoms with Crippen molar-refractivity contribution < 1.29 is 52.0 Å². The number of rotatable bonds is 4. The van der Waals surface area contributed by atoms with E-state index >= 15 is 0 Å². The van der Waals surface area contributed by atoms with Crippen LogP contribution in [0.5, 0.6) is 0 Å². The van der Waals surface area contributed by atoms with E-state index in [9.17, 15) is 31.5 Å². The molecule has 6 nitrogen and oxygen atoms in total. The minimum Gasteiger partial charge on any atom is -0.479 e. The van der Waals surface area contributed by atoms with Gasteiger partial charge in [0, 0.05) is 11.6 Å². The Morgan fingerprint density at radius 3 is 1.59 bits per heavy atom. The van der Waals surface area contributed by atoms with Gasteiger partial charge in [0.1, 0.15) is 5.82 Å². The highest BCUT2D eigenvalue weighted by Crippen LogP contribution is 2.25. The van der Waals surface area contributed by atoms with E-state index in [1.54, 1.807) is 0 Å². The zero-order valence-corrected chi connectivity index (χ0v) is 13.0. The van der Waals surface area contributed by atoms with Gasteiger partial charge >= 0.3 is 11.9 Å². The van der Waals surface area contributed by atoms with Crippen LogP contribution in [0.3, 0.4) is 0 Å². The molecule has 0 saturated heterocycles. The van der Waals surface area contributed by atoms with Crippen molar-refractivity contribution in [1.29, 1.82) is 0 Å². The number of carbonyl (C=O) groups is 2. The number of aliphatic carboxylic acids is 2. The van der Waals surface area contributed by atoms with Gasteiger partial charge in [-0.3, -0.25) is 0 Å². The Hall–Kier alpha value is -3.05. The average Bonchev–Trinajstić information content (AvgIpc) is 2.60. The summed E-state index contributed by atoms with van der Waals surface area (Å²) in [6.45, 7) is 0. The molecule has 2 aromatic rings. The molecule has 0 saturated carbocycles. The molecule has 2 aromatic carbocycles. The van der Waals surface area contributed by atoms with Crippen molar-refractivity contribution >= 4 is 11.9 Å². The predicted molar refractivity (Wildman–Crippen MR) is 77.9 cm³/mol. The van der Waals surface area contributed by atoms with Gasteiger partial charge in [-0.25, -0.2) is 31.5 Å². The SMILES string of the molecule is O=C(O)C(O)c1c(F)c(F)cc(F)c1F.O=C(O)C(O)c1ccccc1F. The molecule has 0 aromatic heterocycles. The standard InChI is InChI=1S/C8H4F4O3.C8H7FO3/c9-2-1-3(10)6(12)4(5(2)11)7(13)8(14)15;9-6-4-2-1-3-5(6)7(10)8(11)12/h1,7,13H,(H,14,15);1-4,7,10H,(H,11,12). The minimum atomic E-state index is -2.66. The quantitative estimate of drug-likeness (QED) is 0.467. The average molecular weight is 394 g/mol. The first kappa shape index (κ1) is 22.0. The molecule has 0 heterocycles. The summed E-state index contributed by atoms with van der Waals surface area (Å²) >= 11 is 0. The van der Waals surface area contributed by atoms with Crippen molar-refractivity contribution in [2.75, 3.05) is 0 Å². The number of aliphatic hydroxyl groups excluding tert-OH is 2. The van der Waals surface area contributed by atoms with Crippen LogP contribution in [-0.2, 0) is 9.59 Å². The van der Waals surface area contributed by atoms with Crippen LogP contribution in [0.2, 0.25) is 0 Å². The Morgan fingerprint density at radius 1 is 0.741 bits per heavy atom. The Bertz CT molecular complexity index is 831. The van der Waals surface area contributed by atoms with Crippen LogP contribution in [-0.4, -0.2) is 32.4 Å². The summed E-state index contributed by atoms with van der Waals surface area (Å²) in [4.78, 5) is 20.4. The molecule has 146 valence electrons. The molecule has 0 spiro atoms. The van der Waals surface area contributed by atoms with Gasteiger partial charge < -0.3 is 20.4 Å². The zero-order chi connectivity index (χ0) is 20.9. The number of carboxylic acid groups (broad SMARTS) is 2. The van der Waals surface area contributed by atoms with Crippen LogP contribution in [0.15, 0.2) is 30.3 Å². The molecular formula is C16H11F5O6. The van der Waals surface area contributed by atoms with Gasteiger partial charge in [-0.15, -0.1) is 0 Å². The third-order valence-electron chi connectivity index (χ3n) is 3.09. The van der Waals surface area contributed by atoms with Crippen LogP contribution in [0.25, 0.3) is 0 Å². The molecule has 0 amide bonds. The van der Waals surface area contributed by atoms with Gasteiger partial charge in [-0.05, 0) is 6.07 Å². The Kier molecular flexibility index (Phi) is 7.37. The van der Waals surface area contributed by atoms with Crippen LogP contribution in [0, 0.1) is 29.1 Å². The lowest BCUT2D eigenvalue weighted by atomic mass is 10.1. The maximum atomic E-state index is 12.8. The highest BCUT2D eigenvalue weighted by atomic mass is 19.2. The summed E-state index contributed by atoms with van der Waals surface area (Å²) in [5.74, 6) is -11.6. The third-order valence-corrected chi connectivity index (χ3v) is 3.09. The number of benzene rings is 2. The summed E-state index contributed by atoms with van der Waals surface area (Å²) in [6.07, 6.45) is -4.44. The number of halogens is 5. The van der Waals surface area contributed by atoms with Crippen molar-refractivity contribution in [2.45, 2.75) is 12.2 Å². The highest BCUT2D eigenvalue weighted by Gasteiger charge is 2.29. The van der Waals surface area contributed by atoms with Gasteiger partial charge in [-0.1, -0.05) is 18.2 Å². The first-order valence-electron chi connectivity index (χ1n) is 6.88. The number of hydrogen-bond donors (Lipinski definition) is 4. The van der Waals surface area contributed by atoms with Crippen LogP contribution < -0.4 is 0 Å². The van der Waals surface area contributed by atoms with Crippen molar-refractivity contribution in [1.82, 2.24) is 0 Å². The van der Waals surface area contributed by atoms with Crippen molar-refractivity contribution in [3.05, 3.63) is 70.5 Å². The van der Waals surface area contributed by atoms with E-state index in [-0.39, 0.29) is 11.6 Å². The Morgan fingerprint density at radius 2 is 1.19 bits per heavy atom. The summed E-state index contributed by atoms with van der Waals surface area (Å²) in [5, 5.41) is 34.3. The predicted octanol–water partition coefficient (Wildman–Crippen LogP) is 2.30. The zero-order valence-electron chi connectivity index (χ0n) is 13.0. The smallest absolute Gasteiger partial charge is 0.337 e. The van der Waals surface area contributed by atoms with Gasteiger partial charge in [0.25, 0.3) is 0 Å². The molecule has 0 aliphatic heterocycles. The van der Waals surface area contributed by atoms with E-state index in [1.807, 2.05) is 0 Å². The lowest BCUT2D eigenvalue weighted by molar-refractivity contribution is -0.148. The first-order valence-corrected chi connectivity index (χ1v) is 6.88. The fourth-order valence-corrected chi connectivity index (χ4v) is 1.79. The monoisotopic (exact) mass is 394 g/mol. The van der Waals surface area contributed by atoms with E-state index in [0.717, 1.165) is 6.07 Å². The molecule has 27 heavy (non-hydrogen) atoms. The van der Waals surface area contributed by atoms with Gasteiger partial charge in [-0.2, -0.15) is 0 Å². The number of carboxylic acids is 2. The molecule has 0 radical (unpaired) electrons. The molecule has 0 fully saturated rings. The number of hydrogen-bond acceptors (Lipinski definition) is 4. The Balaban J connectivity index is 0.000000277. The van der Waals surface area contributed by atoms with E-state index < -0.39 is 58.8 Å². The Labute approximate surface area is 147 Å². The molecule has 2 rings (SSSR count). The topological polar surface area (TPSA) is 115 Å². The second kappa shape index (κ2) is 9.05. The highest BCUT2D eigenvalue weighted by molar-refractivity contribution is 5.74. The van der Waals surface area contributed by atoms with E-state index in [0.29, 0.717) is 0 Å². The fraction of sp³-hybridized carbons (Fsp3) is 0.125. The largest absolute Gasteiger partial charge is 0.479 e. The van der Waals surface area contributed by atoms with Gasteiger partial charge in [0.05, 0.1) is 5.56 Å². The summed E-state index contributed by atoms with van der Waals surface area (Å²) in [6, 6.07) is 5.14. The number of aliphatic hydroxyl groups is 2. The molecule has 2 atom stereocenters. The van der Waals surface area contributed by atoms with Crippen molar-refractivity contribution in [2.24, 2.45) is 0 Å². The van der Waals surface area contributed by atoms with Crippen LogP contribution >= 0.6 is 0 Å². The summed E-state index contributed by atoms with van der Waals surface area (Å²) < 4.78 is 63.6. The van der Waals surface area contributed by atoms with E-state index in [4.69, 9.17) is 20.4 Å². The van der Waals surface area contributed by atoms with E-state index in [1.165, 1.54) is 18.2 Å². The molecule has 11 heteroatoms. The van der Waals surface area contributed by atoms with Crippen molar-refractivity contribution in [3.63, 3.8) is 0 Å². The fourth-order valence-electron chi connectivity index (χ4n) is 1.79. The first-order chi connectivity index (χ1) is 12.5. The summed E-state index contributed by atoms with van der Waals surface area (Å²) in [5.41, 5.74) is -1.77. The molecule has 0 aliphatic rings. The maximum absolute atomic E-state index is 12.8. The van der Waals surface area contributed by atoms with Gasteiger partial charge in [0.2, 0.25) is 0 Å². The normalized spacial score (nSPS) is 12.6. The lowest BCUT2D eigenvalue weighted by Crippen LogP contribution is -2.16. The maximum Gasteiger partial charge on any atom is 0.337 e. The van der Waals surface area contributed by atoms with E-state index in [2.05, 4.69) is 0 Å².